The number of allylic oxidation sites excluding steroid dienone is 2. The SMILES string of the molecule is COC1=CC[CH]C=C1[N+](=O)[O-]. The van der Waals surface area contributed by atoms with Gasteiger partial charge in [0.2, 0.25) is 0 Å². The highest BCUT2D eigenvalue weighted by atomic mass is 16.6. The van der Waals surface area contributed by atoms with E-state index in [-0.39, 0.29) is 5.70 Å². The smallest absolute Gasteiger partial charge is 0.306 e. The zero-order chi connectivity index (χ0) is 8.27. The molecule has 0 aromatic heterocycles. The highest BCUT2D eigenvalue weighted by Gasteiger charge is 2.19. The van der Waals surface area contributed by atoms with Gasteiger partial charge >= 0.3 is 5.70 Å². The minimum absolute atomic E-state index is 0.0266. The molecular weight excluding hydrogens is 146 g/mol. The summed E-state index contributed by atoms with van der Waals surface area (Å²) < 4.78 is 4.80. The molecule has 0 amide bonds. The average molecular weight is 154 g/mol. The highest BCUT2D eigenvalue weighted by molar-refractivity contribution is 5.27. The second kappa shape index (κ2) is 3.18. The van der Waals surface area contributed by atoms with E-state index >= 15 is 0 Å². The molecule has 1 radical (unpaired) electrons. The molecule has 0 saturated carbocycles. The molecule has 1 aliphatic rings. The lowest BCUT2D eigenvalue weighted by Crippen LogP contribution is -2.06. The number of methoxy groups -OCH3 is 1. The Bertz CT molecular complexity index is 230. The molecular formula is C7H8NO3. The first kappa shape index (κ1) is 7.78. The van der Waals surface area contributed by atoms with Gasteiger partial charge in [-0.1, -0.05) is 0 Å². The summed E-state index contributed by atoms with van der Waals surface area (Å²) in [4.78, 5) is 9.87. The van der Waals surface area contributed by atoms with E-state index in [4.69, 9.17) is 4.74 Å². The number of hydrogen-bond acceptors (Lipinski definition) is 3. The van der Waals surface area contributed by atoms with E-state index in [1.165, 1.54) is 13.2 Å². The van der Waals surface area contributed by atoms with Crippen LogP contribution in [0.25, 0.3) is 0 Å². The van der Waals surface area contributed by atoms with E-state index in [9.17, 15) is 10.1 Å². The van der Waals surface area contributed by atoms with Crippen LogP contribution in [0.2, 0.25) is 0 Å². The standard InChI is InChI=1S/C7H8NO3/c1-11-7-5-3-2-4-6(7)8(9)10/h2,4-5H,3H2,1H3. The monoisotopic (exact) mass is 154 g/mol. The third kappa shape index (κ3) is 1.58. The fraction of sp³-hybridized carbons (Fsp3) is 0.286. The van der Waals surface area contributed by atoms with Crippen LogP contribution in [0.15, 0.2) is 23.6 Å². The molecule has 0 bridgehead atoms. The predicted molar refractivity (Wildman–Crippen MR) is 39.1 cm³/mol. The van der Waals surface area contributed by atoms with Crippen LogP contribution in [0, 0.1) is 16.5 Å². The molecule has 0 aromatic rings. The van der Waals surface area contributed by atoms with Gasteiger partial charge in [-0.05, 0) is 18.9 Å². The van der Waals surface area contributed by atoms with Gasteiger partial charge in [0, 0.05) is 6.08 Å². The Kier molecular flexibility index (Phi) is 2.25. The summed E-state index contributed by atoms with van der Waals surface area (Å²) in [6.07, 6.45) is 5.55. The first-order valence-corrected chi connectivity index (χ1v) is 3.18. The van der Waals surface area contributed by atoms with Crippen LogP contribution >= 0.6 is 0 Å². The van der Waals surface area contributed by atoms with E-state index in [2.05, 4.69) is 0 Å². The second-order valence-electron chi connectivity index (χ2n) is 2.05. The van der Waals surface area contributed by atoms with Gasteiger partial charge in [0.25, 0.3) is 0 Å². The molecule has 0 unspecified atom stereocenters. The fourth-order valence-corrected chi connectivity index (χ4v) is 0.880. The molecule has 11 heavy (non-hydrogen) atoms. The van der Waals surface area contributed by atoms with Crippen molar-refractivity contribution in [3.63, 3.8) is 0 Å². The molecule has 0 spiro atoms. The van der Waals surface area contributed by atoms with Crippen molar-refractivity contribution in [2.75, 3.05) is 7.11 Å². The minimum atomic E-state index is -0.453. The lowest BCUT2D eigenvalue weighted by atomic mass is 10.1. The molecule has 0 aliphatic heterocycles. The zero-order valence-electron chi connectivity index (χ0n) is 6.11. The van der Waals surface area contributed by atoms with Crippen molar-refractivity contribution >= 4 is 0 Å². The number of nitro groups is 1. The van der Waals surface area contributed by atoms with Crippen molar-refractivity contribution in [2.45, 2.75) is 6.42 Å². The molecule has 4 nitrogen and oxygen atoms in total. The van der Waals surface area contributed by atoms with E-state index in [1.54, 1.807) is 12.5 Å². The van der Waals surface area contributed by atoms with E-state index < -0.39 is 4.92 Å². The Hall–Kier alpha value is -1.32. The van der Waals surface area contributed by atoms with Crippen LogP contribution in [0.1, 0.15) is 6.42 Å². The summed E-state index contributed by atoms with van der Waals surface area (Å²) in [5.41, 5.74) is 0.0266. The Morgan fingerprint density at radius 1 is 1.73 bits per heavy atom. The predicted octanol–water partition coefficient (Wildman–Crippen LogP) is 1.29. The third-order valence-electron chi connectivity index (χ3n) is 1.38. The van der Waals surface area contributed by atoms with Gasteiger partial charge in [-0.2, -0.15) is 0 Å². The quantitative estimate of drug-likeness (QED) is 0.444. The van der Waals surface area contributed by atoms with Crippen LogP contribution in [0.5, 0.6) is 0 Å². The number of nitrogens with zero attached hydrogens (tertiary/aromatic N) is 1. The summed E-state index contributed by atoms with van der Waals surface area (Å²) in [5.74, 6) is 0.345. The maximum absolute atomic E-state index is 10.3. The first-order chi connectivity index (χ1) is 5.25. The molecule has 0 fully saturated rings. The lowest BCUT2D eigenvalue weighted by molar-refractivity contribution is -0.424. The first-order valence-electron chi connectivity index (χ1n) is 3.18. The molecule has 0 heterocycles. The van der Waals surface area contributed by atoms with Crippen molar-refractivity contribution in [2.24, 2.45) is 0 Å². The van der Waals surface area contributed by atoms with Gasteiger partial charge in [0.05, 0.1) is 12.0 Å². The van der Waals surface area contributed by atoms with Gasteiger partial charge in [0.1, 0.15) is 0 Å². The van der Waals surface area contributed by atoms with Gasteiger partial charge in [-0.3, -0.25) is 10.1 Å². The summed E-state index contributed by atoms with van der Waals surface area (Å²) in [6, 6.07) is 0. The van der Waals surface area contributed by atoms with Crippen molar-refractivity contribution in [3.8, 4) is 0 Å². The second-order valence-corrected chi connectivity index (χ2v) is 2.05. The molecule has 4 heteroatoms. The topological polar surface area (TPSA) is 52.4 Å². The molecule has 0 N–H and O–H groups in total. The summed E-state index contributed by atoms with van der Waals surface area (Å²) >= 11 is 0. The fourth-order valence-electron chi connectivity index (χ4n) is 0.880. The molecule has 1 rings (SSSR count). The van der Waals surface area contributed by atoms with Crippen molar-refractivity contribution in [1.29, 1.82) is 0 Å². The van der Waals surface area contributed by atoms with Gasteiger partial charge in [-0.15, -0.1) is 0 Å². The van der Waals surface area contributed by atoms with Gasteiger partial charge in [-0.25, -0.2) is 0 Å². The normalized spacial score (nSPS) is 16.8. The number of hydrogen-bond donors (Lipinski definition) is 0. The van der Waals surface area contributed by atoms with E-state index in [0.29, 0.717) is 12.2 Å². The minimum Gasteiger partial charge on any atom is -0.490 e. The number of rotatable bonds is 2. The van der Waals surface area contributed by atoms with E-state index in [0.717, 1.165) is 0 Å². The van der Waals surface area contributed by atoms with Gasteiger partial charge < -0.3 is 4.74 Å². The van der Waals surface area contributed by atoms with Crippen LogP contribution < -0.4 is 0 Å². The lowest BCUT2D eigenvalue weighted by Gasteiger charge is -2.06. The number of ether oxygens (including phenoxy) is 1. The Labute approximate surface area is 64.3 Å². The van der Waals surface area contributed by atoms with Crippen molar-refractivity contribution in [1.82, 2.24) is 0 Å². The van der Waals surface area contributed by atoms with Crippen LogP contribution in [-0.4, -0.2) is 12.0 Å². The van der Waals surface area contributed by atoms with Crippen LogP contribution in [0.4, 0.5) is 0 Å². The summed E-state index contributed by atoms with van der Waals surface area (Å²) in [7, 11) is 1.43. The average Bonchev–Trinajstić information content (AvgIpc) is 2.04. The summed E-state index contributed by atoms with van der Waals surface area (Å²) in [6.45, 7) is 0. The molecule has 0 aromatic carbocycles. The molecule has 0 saturated heterocycles. The van der Waals surface area contributed by atoms with E-state index in [1.807, 2.05) is 0 Å². The molecule has 0 atom stereocenters. The third-order valence-corrected chi connectivity index (χ3v) is 1.38. The maximum Gasteiger partial charge on any atom is 0.306 e. The summed E-state index contributed by atoms with van der Waals surface area (Å²) in [5, 5.41) is 10.3. The van der Waals surface area contributed by atoms with Crippen LogP contribution in [-0.2, 0) is 4.74 Å². The Morgan fingerprint density at radius 2 is 2.45 bits per heavy atom. The molecule has 1 aliphatic carbocycles. The van der Waals surface area contributed by atoms with Crippen LogP contribution in [0.3, 0.4) is 0 Å². The Morgan fingerprint density at radius 3 is 2.91 bits per heavy atom. The maximum atomic E-state index is 10.3. The molecule has 59 valence electrons. The highest BCUT2D eigenvalue weighted by Crippen LogP contribution is 2.18. The Balaban J connectivity index is 2.83. The van der Waals surface area contributed by atoms with Gasteiger partial charge in [0.15, 0.2) is 5.76 Å². The van der Waals surface area contributed by atoms with Crippen molar-refractivity contribution < 1.29 is 9.66 Å². The zero-order valence-corrected chi connectivity index (χ0v) is 6.11. The van der Waals surface area contributed by atoms with Crippen molar-refractivity contribution in [3.05, 3.63) is 40.1 Å². The largest absolute Gasteiger partial charge is 0.490 e.